The van der Waals surface area contributed by atoms with Crippen molar-refractivity contribution in [2.45, 2.75) is 23.3 Å². The van der Waals surface area contributed by atoms with Gasteiger partial charge in [0.25, 0.3) is 5.91 Å². The maximum absolute atomic E-state index is 13.0. The number of aromatic nitrogens is 2. The first-order chi connectivity index (χ1) is 16.2. The predicted molar refractivity (Wildman–Crippen MR) is 128 cm³/mol. The van der Waals surface area contributed by atoms with E-state index in [9.17, 15) is 18.3 Å². The van der Waals surface area contributed by atoms with Gasteiger partial charge in [-0.15, -0.1) is 0 Å². The zero-order valence-corrected chi connectivity index (χ0v) is 20.5. The number of hydrogen-bond donors (Lipinski definition) is 1. The third-order valence-electron chi connectivity index (χ3n) is 6.51. The number of amides is 1. The average Bonchev–Trinajstić information content (AvgIpc) is 2.84. The molecule has 11 heteroatoms. The van der Waals surface area contributed by atoms with Crippen molar-refractivity contribution < 1.29 is 18.3 Å². The molecule has 0 radical (unpaired) electrons. The molecule has 0 spiro atoms. The Kier molecular flexibility index (Phi) is 7.17. The standard InChI is InChI=1S/C23H32N6O4S/c1-26-12-14-29(15-13-26)34(32,33)20-6-4-19(5-7-20)22(30)27(2)17-23(31)8-3-11-28(18-23)21-16-24-9-10-25-21/h4-7,9-10,16,31H,3,8,11-15,17-18H2,1-2H3/t23-/m1/s1. The second-order valence-electron chi connectivity index (χ2n) is 9.21. The van der Waals surface area contributed by atoms with E-state index in [0.29, 0.717) is 50.5 Å². The van der Waals surface area contributed by atoms with Gasteiger partial charge in [0, 0.05) is 64.3 Å². The second-order valence-corrected chi connectivity index (χ2v) is 11.1. The molecule has 1 N–H and O–H groups in total. The van der Waals surface area contributed by atoms with E-state index in [-0.39, 0.29) is 17.3 Å². The third kappa shape index (κ3) is 5.38. The van der Waals surface area contributed by atoms with Crippen LogP contribution in [0.15, 0.2) is 47.8 Å². The molecule has 4 rings (SSSR count). The van der Waals surface area contributed by atoms with Crippen LogP contribution in [-0.4, -0.2) is 109 Å². The molecule has 2 aliphatic rings. The lowest BCUT2D eigenvalue weighted by molar-refractivity contribution is -0.000146. The van der Waals surface area contributed by atoms with Crippen LogP contribution in [0.5, 0.6) is 0 Å². The van der Waals surface area contributed by atoms with E-state index in [1.807, 2.05) is 11.9 Å². The van der Waals surface area contributed by atoms with Gasteiger partial charge in [-0.2, -0.15) is 4.31 Å². The number of carbonyl (C=O) groups is 1. The number of anilines is 1. The fourth-order valence-corrected chi connectivity index (χ4v) is 5.99. The maximum Gasteiger partial charge on any atom is 0.253 e. The largest absolute Gasteiger partial charge is 0.386 e. The van der Waals surface area contributed by atoms with E-state index < -0.39 is 15.6 Å². The number of rotatable bonds is 6. The Morgan fingerprint density at radius 2 is 1.82 bits per heavy atom. The predicted octanol–water partition coefficient (Wildman–Crippen LogP) is 0.516. The molecule has 1 amide bonds. The molecule has 0 aliphatic carbocycles. The van der Waals surface area contributed by atoms with Crippen LogP contribution in [0.3, 0.4) is 0 Å². The Balaban J connectivity index is 1.40. The number of piperidine rings is 1. The fraction of sp³-hybridized carbons (Fsp3) is 0.522. The number of hydrogen-bond acceptors (Lipinski definition) is 8. The van der Waals surface area contributed by atoms with Crippen LogP contribution >= 0.6 is 0 Å². The minimum atomic E-state index is -3.59. The molecular weight excluding hydrogens is 456 g/mol. The van der Waals surface area contributed by atoms with Crippen LogP contribution in [-0.2, 0) is 10.0 Å². The number of likely N-dealkylation sites (N-methyl/N-ethyl adjacent to an activating group) is 2. The molecule has 34 heavy (non-hydrogen) atoms. The molecule has 2 fully saturated rings. The molecule has 2 aliphatic heterocycles. The Labute approximate surface area is 200 Å². The highest BCUT2D eigenvalue weighted by Gasteiger charge is 2.36. The minimum Gasteiger partial charge on any atom is -0.386 e. The smallest absolute Gasteiger partial charge is 0.253 e. The Hall–Kier alpha value is -2.60. The minimum absolute atomic E-state index is 0.157. The first-order valence-electron chi connectivity index (χ1n) is 11.5. The molecule has 1 aromatic carbocycles. The van der Waals surface area contributed by atoms with Gasteiger partial charge in [0.05, 0.1) is 23.2 Å². The fourth-order valence-electron chi connectivity index (χ4n) is 4.57. The highest BCUT2D eigenvalue weighted by atomic mass is 32.2. The van der Waals surface area contributed by atoms with Gasteiger partial charge in [-0.05, 0) is 44.2 Å². The number of carbonyl (C=O) groups excluding carboxylic acids is 1. The molecule has 1 aromatic heterocycles. The lowest BCUT2D eigenvalue weighted by atomic mass is 9.92. The lowest BCUT2D eigenvalue weighted by Gasteiger charge is -2.41. The number of aliphatic hydroxyl groups is 1. The molecule has 10 nitrogen and oxygen atoms in total. The van der Waals surface area contributed by atoms with Crippen LogP contribution in [0.1, 0.15) is 23.2 Å². The summed E-state index contributed by atoms with van der Waals surface area (Å²) in [6.45, 7) is 3.56. The Bertz CT molecular complexity index is 1090. The number of sulfonamides is 1. The van der Waals surface area contributed by atoms with Crippen molar-refractivity contribution in [2.75, 3.05) is 64.8 Å². The van der Waals surface area contributed by atoms with E-state index in [4.69, 9.17) is 0 Å². The van der Waals surface area contributed by atoms with Gasteiger partial charge >= 0.3 is 0 Å². The van der Waals surface area contributed by atoms with Crippen molar-refractivity contribution in [3.05, 3.63) is 48.4 Å². The summed E-state index contributed by atoms with van der Waals surface area (Å²) in [5.41, 5.74) is -0.699. The summed E-state index contributed by atoms with van der Waals surface area (Å²) in [6, 6.07) is 6.05. The first kappa shape index (κ1) is 24.5. The number of β-amino-alcohol motifs (C(OH)–C–C–N with tert-alkyl or cyclic N) is 1. The maximum atomic E-state index is 13.0. The van der Waals surface area contributed by atoms with Gasteiger partial charge in [0.1, 0.15) is 5.82 Å². The molecule has 2 saturated heterocycles. The highest BCUT2D eigenvalue weighted by molar-refractivity contribution is 7.89. The van der Waals surface area contributed by atoms with E-state index in [0.717, 1.165) is 13.0 Å². The quantitative estimate of drug-likeness (QED) is 0.627. The van der Waals surface area contributed by atoms with Gasteiger partial charge < -0.3 is 19.8 Å². The van der Waals surface area contributed by atoms with Gasteiger partial charge in [-0.3, -0.25) is 9.78 Å². The summed E-state index contributed by atoms with van der Waals surface area (Å²) in [5.74, 6) is 0.431. The van der Waals surface area contributed by atoms with Gasteiger partial charge in [-0.25, -0.2) is 13.4 Å². The summed E-state index contributed by atoms with van der Waals surface area (Å²) in [6.07, 6.45) is 6.23. The average molecular weight is 489 g/mol. The van der Waals surface area contributed by atoms with Crippen LogP contribution < -0.4 is 4.90 Å². The van der Waals surface area contributed by atoms with Crippen molar-refractivity contribution in [1.29, 1.82) is 0 Å². The van der Waals surface area contributed by atoms with E-state index in [2.05, 4.69) is 14.9 Å². The summed E-state index contributed by atoms with van der Waals surface area (Å²) in [5, 5.41) is 11.2. The number of benzene rings is 1. The monoisotopic (exact) mass is 488 g/mol. The van der Waals surface area contributed by atoms with E-state index >= 15 is 0 Å². The summed E-state index contributed by atoms with van der Waals surface area (Å²) < 4.78 is 27.3. The Morgan fingerprint density at radius 3 is 2.47 bits per heavy atom. The summed E-state index contributed by atoms with van der Waals surface area (Å²) in [7, 11) is 0.0315. The number of nitrogens with zero attached hydrogens (tertiary/aromatic N) is 6. The molecule has 0 unspecified atom stereocenters. The van der Waals surface area contributed by atoms with Gasteiger partial charge in [-0.1, -0.05) is 0 Å². The Morgan fingerprint density at radius 1 is 1.12 bits per heavy atom. The first-order valence-corrected chi connectivity index (χ1v) is 12.9. The number of piperazine rings is 1. The molecule has 1 atom stereocenters. The van der Waals surface area contributed by atoms with Crippen LogP contribution in [0.4, 0.5) is 5.82 Å². The topological polar surface area (TPSA) is 110 Å². The van der Waals surface area contributed by atoms with Crippen molar-refractivity contribution in [3.63, 3.8) is 0 Å². The zero-order chi connectivity index (χ0) is 24.3. The van der Waals surface area contributed by atoms with Crippen molar-refractivity contribution in [2.24, 2.45) is 0 Å². The zero-order valence-electron chi connectivity index (χ0n) is 19.7. The highest BCUT2D eigenvalue weighted by Crippen LogP contribution is 2.26. The normalized spacial score (nSPS) is 22.5. The van der Waals surface area contributed by atoms with Crippen molar-refractivity contribution in [3.8, 4) is 0 Å². The molecule has 0 bridgehead atoms. The van der Waals surface area contributed by atoms with E-state index in [1.54, 1.807) is 37.8 Å². The van der Waals surface area contributed by atoms with E-state index in [1.165, 1.54) is 21.3 Å². The summed E-state index contributed by atoms with van der Waals surface area (Å²) >= 11 is 0. The van der Waals surface area contributed by atoms with Crippen LogP contribution in [0.25, 0.3) is 0 Å². The molecule has 3 heterocycles. The second kappa shape index (κ2) is 9.95. The molecule has 0 saturated carbocycles. The van der Waals surface area contributed by atoms with Crippen molar-refractivity contribution in [1.82, 2.24) is 24.1 Å². The van der Waals surface area contributed by atoms with Gasteiger partial charge in [0.2, 0.25) is 10.0 Å². The molecular formula is C23H32N6O4S. The third-order valence-corrected chi connectivity index (χ3v) is 8.42. The molecule has 2 aromatic rings. The SMILES string of the molecule is CN1CCN(S(=O)(=O)c2ccc(C(=O)N(C)C[C@]3(O)CCCN(c4cnccn4)C3)cc2)CC1. The summed E-state index contributed by atoms with van der Waals surface area (Å²) in [4.78, 5) is 27.2. The van der Waals surface area contributed by atoms with Crippen LogP contribution in [0.2, 0.25) is 0 Å². The lowest BCUT2D eigenvalue weighted by Crippen LogP contribution is -2.54. The van der Waals surface area contributed by atoms with Gasteiger partial charge in [0.15, 0.2) is 0 Å². The molecule has 184 valence electrons. The van der Waals surface area contributed by atoms with Crippen LogP contribution in [0, 0.1) is 0 Å². The van der Waals surface area contributed by atoms with Crippen molar-refractivity contribution >= 4 is 21.7 Å².